The van der Waals surface area contributed by atoms with Gasteiger partial charge in [-0.05, 0) is 61.6 Å². The third-order valence-corrected chi connectivity index (χ3v) is 4.39. The van der Waals surface area contributed by atoms with E-state index in [-0.39, 0.29) is 11.9 Å². The number of hydrogen-bond acceptors (Lipinski definition) is 4. The molecule has 5 heteroatoms. The van der Waals surface area contributed by atoms with Gasteiger partial charge in [0.25, 0.3) is 5.91 Å². The molecular weight excluding hydrogens is 302 g/mol. The molecule has 0 saturated heterocycles. The number of aryl methyl sites for hydroxylation is 2. The molecule has 1 saturated carbocycles. The Balaban J connectivity index is 1.60. The number of nitrogens with one attached hydrogen (secondary N) is 1. The molecule has 1 aromatic carbocycles. The first kappa shape index (κ1) is 14.9. The molecule has 122 valence electrons. The van der Waals surface area contributed by atoms with E-state index in [1.165, 1.54) is 0 Å². The number of nitrogens with zero attached hydrogens (tertiary/aromatic N) is 2. The lowest BCUT2D eigenvalue weighted by atomic mass is 10.1. The molecule has 1 aliphatic carbocycles. The fraction of sp³-hybridized carbons (Fsp3) is 0.316. The van der Waals surface area contributed by atoms with E-state index in [2.05, 4.69) is 15.3 Å². The van der Waals surface area contributed by atoms with Gasteiger partial charge in [-0.25, -0.2) is 4.98 Å². The van der Waals surface area contributed by atoms with Crippen LogP contribution in [-0.2, 0) is 0 Å². The van der Waals surface area contributed by atoms with Crippen LogP contribution in [0.3, 0.4) is 0 Å². The highest BCUT2D eigenvalue weighted by Crippen LogP contribution is 2.40. The normalized spacial score (nSPS) is 15.4. The molecule has 1 aliphatic rings. The molecule has 5 nitrogen and oxygen atoms in total. The summed E-state index contributed by atoms with van der Waals surface area (Å²) in [6, 6.07) is 9.33. The fourth-order valence-corrected chi connectivity index (χ4v) is 3.00. The van der Waals surface area contributed by atoms with Crippen molar-refractivity contribution >= 4 is 17.0 Å². The van der Waals surface area contributed by atoms with Crippen molar-refractivity contribution in [2.75, 3.05) is 0 Å². The van der Waals surface area contributed by atoms with E-state index in [1.807, 2.05) is 25.1 Å². The van der Waals surface area contributed by atoms with E-state index in [0.717, 1.165) is 29.6 Å². The number of carbonyl (C=O) groups is 1. The summed E-state index contributed by atoms with van der Waals surface area (Å²) in [5, 5.41) is 3.15. The maximum atomic E-state index is 12.7. The third-order valence-electron chi connectivity index (χ3n) is 4.39. The molecule has 2 heterocycles. The van der Waals surface area contributed by atoms with Crippen LogP contribution in [0.15, 0.2) is 40.9 Å². The van der Waals surface area contributed by atoms with Crippen molar-refractivity contribution in [1.29, 1.82) is 0 Å². The number of amides is 1. The number of hydrogen-bond donors (Lipinski definition) is 1. The first-order chi connectivity index (χ1) is 11.6. The smallest absolute Gasteiger partial charge is 0.251 e. The van der Waals surface area contributed by atoms with Crippen LogP contribution in [0.1, 0.15) is 46.4 Å². The molecule has 3 aromatic rings. The molecule has 24 heavy (non-hydrogen) atoms. The van der Waals surface area contributed by atoms with Crippen molar-refractivity contribution in [2.24, 2.45) is 5.92 Å². The Bertz CT molecular complexity index is 912. The fourth-order valence-electron chi connectivity index (χ4n) is 3.00. The van der Waals surface area contributed by atoms with Crippen LogP contribution in [-0.4, -0.2) is 15.9 Å². The summed E-state index contributed by atoms with van der Waals surface area (Å²) in [5.41, 5.74) is 4.07. The highest BCUT2D eigenvalue weighted by molar-refractivity contribution is 5.97. The summed E-state index contributed by atoms with van der Waals surface area (Å²) in [6.07, 6.45) is 4.05. The zero-order chi connectivity index (χ0) is 16.7. The number of carbonyl (C=O) groups excluding carboxylic acids is 1. The second-order valence-corrected chi connectivity index (χ2v) is 6.46. The maximum Gasteiger partial charge on any atom is 0.251 e. The van der Waals surface area contributed by atoms with Gasteiger partial charge in [0.1, 0.15) is 5.52 Å². The lowest BCUT2D eigenvalue weighted by Gasteiger charge is -2.18. The molecule has 0 aliphatic heterocycles. The summed E-state index contributed by atoms with van der Waals surface area (Å²) in [7, 11) is 0. The van der Waals surface area contributed by atoms with E-state index >= 15 is 0 Å². The Hall–Kier alpha value is -2.69. The Morgan fingerprint density at radius 2 is 2.08 bits per heavy atom. The van der Waals surface area contributed by atoms with E-state index in [4.69, 9.17) is 4.42 Å². The molecular formula is C19H19N3O2. The van der Waals surface area contributed by atoms with Gasteiger partial charge in [-0.15, -0.1) is 0 Å². The van der Waals surface area contributed by atoms with Crippen molar-refractivity contribution in [3.8, 4) is 0 Å². The molecule has 0 spiro atoms. The van der Waals surface area contributed by atoms with Crippen LogP contribution in [0.4, 0.5) is 0 Å². The number of aromatic nitrogens is 2. The van der Waals surface area contributed by atoms with E-state index in [1.54, 1.807) is 25.3 Å². The third kappa shape index (κ3) is 2.89. The molecule has 1 amide bonds. The summed E-state index contributed by atoms with van der Waals surface area (Å²) in [6.45, 7) is 3.84. The predicted octanol–water partition coefficient (Wildman–Crippen LogP) is 3.72. The minimum atomic E-state index is -0.105. The summed E-state index contributed by atoms with van der Waals surface area (Å²) < 4.78 is 5.52. The lowest BCUT2D eigenvalue weighted by molar-refractivity contribution is 0.0930. The van der Waals surface area contributed by atoms with Gasteiger partial charge >= 0.3 is 0 Å². The van der Waals surface area contributed by atoms with E-state index in [9.17, 15) is 4.79 Å². The average Bonchev–Trinajstić information content (AvgIpc) is 3.32. The average molecular weight is 321 g/mol. The summed E-state index contributed by atoms with van der Waals surface area (Å²) in [4.78, 5) is 21.4. The van der Waals surface area contributed by atoms with Gasteiger partial charge in [0.05, 0.1) is 11.7 Å². The highest BCUT2D eigenvalue weighted by Gasteiger charge is 2.34. The largest absolute Gasteiger partial charge is 0.441 e. The Kier molecular flexibility index (Phi) is 3.56. The Morgan fingerprint density at radius 1 is 1.25 bits per heavy atom. The second kappa shape index (κ2) is 5.74. The molecule has 1 N–H and O–H groups in total. The maximum absolute atomic E-state index is 12.7. The van der Waals surface area contributed by atoms with Crippen LogP contribution in [0.5, 0.6) is 0 Å². The van der Waals surface area contributed by atoms with Gasteiger partial charge in [0, 0.05) is 18.7 Å². The first-order valence-corrected chi connectivity index (χ1v) is 8.21. The van der Waals surface area contributed by atoms with E-state index < -0.39 is 0 Å². The van der Waals surface area contributed by atoms with Gasteiger partial charge in [0.15, 0.2) is 11.5 Å². The van der Waals surface area contributed by atoms with Crippen molar-refractivity contribution in [3.63, 3.8) is 0 Å². The number of oxazole rings is 1. The van der Waals surface area contributed by atoms with Crippen LogP contribution in [0.25, 0.3) is 11.1 Å². The van der Waals surface area contributed by atoms with Crippen LogP contribution in [0, 0.1) is 19.8 Å². The SMILES string of the molecule is Cc1ccnc([C@H](NC(=O)c2ccc3nc(C)oc3c2)C2CC2)c1. The van der Waals surface area contributed by atoms with Crippen molar-refractivity contribution in [3.05, 3.63) is 59.2 Å². The minimum absolute atomic E-state index is 0.0374. The van der Waals surface area contributed by atoms with Gasteiger partial charge < -0.3 is 9.73 Å². The summed E-state index contributed by atoms with van der Waals surface area (Å²) in [5.74, 6) is 0.966. The zero-order valence-electron chi connectivity index (χ0n) is 13.7. The number of fused-ring (bicyclic) bond motifs is 1. The topological polar surface area (TPSA) is 68.0 Å². The first-order valence-electron chi connectivity index (χ1n) is 8.21. The van der Waals surface area contributed by atoms with Crippen LogP contribution < -0.4 is 5.32 Å². The monoisotopic (exact) mass is 321 g/mol. The van der Waals surface area contributed by atoms with Crippen molar-refractivity contribution in [1.82, 2.24) is 15.3 Å². The van der Waals surface area contributed by atoms with Gasteiger partial charge in [-0.1, -0.05) is 0 Å². The lowest BCUT2D eigenvalue weighted by Crippen LogP contribution is -2.30. The molecule has 2 aromatic heterocycles. The van der Waals surface area contributed by atoms with Crippen LogP contribution in [0.2, 0.25) is 0 Å². The van der Waals surface area contributed by atoms with Gasteiger partial charge in [-0.3, -0.25) is 9.78 Å². The standard InChI is InChI=1S/C19H19N3O2/c1-11-7-8-20-16(9-11)18(13-3-4-13)22-19(23)14-5-6-15-17(10-14)24-12(2)21-15/h5-10,13,18H,3-4H2,1-2H3,(H,22,23)/t18-/m1/s1. The van der Waals surface area contributed by atoms with Crippen molar-refractivity contribution in [2.45, 2.75) is 32.7 Å². The molecule has 1 fully saturated rings. The molecule has 4 rings (SSSR count). The minimum Gasteiger partial charge on any atom is -0.441 e. The Morgan fingerprint density at radius 3 is 2.83 bits per heavy atom. The molecule has 1 atom stereocenters. The quantitative estimate of drug-likeness (QED) is 0.795. The molecule has 0 radical (unpaired) electrons. The highest BCUT2D eigenvalue weighted by atomic mass is 16.3. The van der Waals surface area contributed by atoms with E-state index in [0.29, 0.717) is 23.0 Å². The van der Waals surface area contributed by atoms with Gasteiger partial charge in [-0.2, -0.15) is 0 Å². The molecule has 0 bridgehead atoms. The second-order valence-electron chi connectivity index (χ2n) is 6.46. The van der Waals surface area contributed by atoms with Crippen molar-refractivity contribution < 1.29 is 9.21 Å². The number of rotatable bonds is 4. The zero-order valence-corrected chi connectivity index (χ0v) is 13.7. The number of benzene rings is 1. The molecule has 0 unspecified atom stereocenters. The summed E-state index contributed by atoms with van der Waals surface area (Å²) >= 11 is 0. The van der Waals surface area contributed by atoms with Gasteiger partial charge in [0.2, 0.25) is 0 Å². The Labute approximate surface area is 140 Å². The van der Waals surface area contributed by atoms with Crippen LogP contribution >= 0.6 is 0 Å². The predicted molar refractivity (Wildman–Crippen MR) is 90.7 cm³/mol. The number of pyridine rings is 1.